The molecule has 118 valence electrons. The lowest BCUT2D eigenvalue weighted by atomic mass is 9.87. The van der Waals surface area contributed by atoms with Crippen LogP contribution in [-0.4, -0.2) is 20.7 Å². The van der Waals surface area contributed by atoms with E-state index in [1.165, 1.54) is 0 Å². The van der Waals surface area contributed by atoms with Crippen LogP contribution in [0.1, 0.15) is 32.8 Å². The summed E-state index contributed by atoms with van der Waals surface area (Å²) in [6, 6.07) is 8.02. The largest absolute Gasteiger partial charge is 0.344 e. The first-order chi connectivity index (χ1) is 10.8. The van der Waals surface area contributed by atoms with Gasteiger partial charge in [0.2, 0.25) is 0 Å². The molecule has 0 amide bonds. The molecule has 0 saturated carbocycles. The minimum absolute atomic E-state index is 0.104. The fourth-order valence-electron chi connectivity index (χ4n) is 2.50. The molecule has 23 heavy (non-hydrogen) atoms. The minimum atomic E-state index is 0.104. The van der Waals surface area contributed by atoms with Crippen molar-refractivity contribution in [3.8, 4) is 11.3 Å². The first kappa shape index (κ1) is 16.1. The Morgan fingerprint density at radius 2 is 2.09 bits per heavy atom. The molecule has 0 unspecified atom stereocenters. The molecule has 2 N–H and O–H groups in total. The van der Waals surface area contributed by atoms with E-state index in [9.17, 15) is 0 Å². The van der Waals surface area contributed by atoms with Crippen LogP contribution >= 0.6 is 22.6 Å². The molecule has 3 aromatic rings. The summed E-state index contributed by atoms with van der Waals surface area (Å²) in [5, 5.41) is 8.34. The summed E-state index contributed by atoms with van der Waals surface area (Å²) in [6.07, 6.45) is 4.43. The topological polar surface area (TPSA) is 65.4 Å². The number of benzene rings is 1. The zero-order valence-corrected chi connectivity index (χ0v) is 15.6. The Balaban J connectivity index is 1.97. The number of aromatic nitrogens is 3. The average molecular weight is 418 g/mol. The van der Waals surface area contributed by atoms with Gasteiger partial charge in [-0.3, -0.25) is 0 Å². The molecule has 0 fully saturated rings. The molecule has 0 atom stereocenters. The van der Waals surface area contributed by atoms with Crippen LogP contribution in [0.3, 0.4) is 0 Å². The summed E-state index contributed by atoms with van der Waals surface area (Å²) in [5.74, 6) is 0. The summed E-state index contributed by atoms with van der Waals surface area (Å²) >= 11 is 2.25. The maximum Gasteiger partial charge on any atom is 0.157 e. The molecule has 2 aromatic heterocycles. The average Bonchev–Trinajstić information content (AvgIpc) is 2.87. The molecule has 2 heterocycles. The molecule has 0 saturated heterocycles. The maximum absolute atomic E-state index is 8.34. The van der Waals surface area contributed by atoms with Crippen molar-refractivity contribution in [2.45, 2.75) is 27.2 Å². The van der Waals surface area contributed by atoms with Gasteiger partial charge in [-0.15, -0.1) is 0 Å². The van der Waals surface area contributed by atoms with E-state index in [0.29, 0.717) is 5.71 Å². The Hall–Kier alpha value is -1.76. The van der Waals surface area contributed by atoms with E-state index in [-0.39, 0.29) is 5.41 Å². The van der Waals surface area contributed by atoms with E-state index in [1.54, 1.807) is 6.20 Å². The van der Waals surface area contributed by atoms with Gasteiger partial charge in [0.25, 0.3) is 0 Å². The predicted octanol–water partition coefficient (Wildman–Crippen LogP) is 5.03. The molecule has 3 rings (SSSR count). The highest BCUT2D eigenvalue weighted by Gasteiger charge is 2.15. The van der Waals surface area contributed by atoms with Crippen molar-refractivity contribution in [1.82, 2.24) is 15.0 Å². The standard InChI is InChI=1S/C18H19IN4/c1-18(2,3)8-14(20)11-5-4-6-12(7-11)15-10-22-17-16(23-15)13(19)9-21-17/h4-7,9-10,20H,8H2,1-3H3,(H,21,22). The van der Waals surface area contributed by atoms with E-state index in [4.69, 9.17) is 10.4 Å². The highest BCUT2D eigenvalue weighted by Crippen LogP contribution is 2.25. The summed E-state index contributed by atoms with van der Waals surface area (Å²) < 4.78 is 1.06. The van der Waals surface area contributed by atoms with Gasteiger partial charge in [-0.2, -0.15) is 0 Å². The molecule has 0 radical (unpaired) electrons. The van der Waals surface area contributed by atoms with Crippen LogP contribution in [-0.2, 0) is 0 Å². The molecule has 0 aliphatic rings. The van der Waals surface area contributed by atoms with Gasteiger partial charge in [0, 0.05) is 17.5 Å². The van der Waals surface area contributed by atoms with E-state index >= 15 is 0 Å². The summed E-state index contributed by atoms with van der Waals surface area (Å²) in [5.41, 5.74) is 5.22. The molecule has 0 aliphatic carbocycles. The maximum atomic E-state index is 8.34. The Bertz CT molecular complexity index is 874. The van der Waals surface area contributed by atoms with Crippen LogP contribution in [0.25, 0.3) is 22.4 Å². The predicted molar refractivity (Wildman–Crippen MR) is 103 cm³/mol. The zero-order chi connectivity index (χ0) is 16.6. The third-order valence-electron chi connectivity index (χ3n) is 3.55. The van der Waals surface area contributed by atoms with Gasteiger partial charge in [0.05, 0.1) is 15.5 Å². The quantitative estimate of drug-likeness (QED) is 0.463. The van der Waals surface area contributed by atoms with E-state index in [1.807, 2.05) is 30.5 Å². The molecule has 0 spiro atoms. The van der Waals surface area contributed by atoms with Crippen LogP contribution in [0.4, 0.5) is 0 Å². The highest BCUT2D eigenvalue weighted by atomic mass is 127. The van der Waals surface area contributed by atoms with Gasteiger partial charge in [-0.1, -0.05) is 39.0 Å². The van der Waals surface area contributed by atoms with Crippen molar-refractivity contribution in [2.24, 2.45) is 5.41 Å². The fourth-order valence-corrected chi connectivity index (χ4v) is 3.03. The Morgan fingerprint density at radius 1 is 1.30 bits per heavy atom. The molecule has 4 nitrogen and oxygen atoms in total. The molecular formula is C18H19IN4. The number of hydrogen-bond acceptors (Lipinski definition) is 3. The van der Waals surface area contributed by atoms with Crippen LogP contribution in [0.5, 0.6) is 0 Å². The monoisotopic (exact) mass is 418 g/mol. The third kappa shape index (κ3) is 3.60. The molecule has 1 aromatic carbocycles. The second kappa shape index (κ2) is 6.03. The first-order valence-electron chi connectivity index (χ1n) is 7.51. The number of H-pyrrole nitrogens is 1. The van der Waals surface area contributed by atoms with E-state index in [0.717, 1.165) is 38.0 Å². The number of nitrogens with one attached hydrogen (secondary N) is 2. The second-order valence-corrected chi connectivity index (χ2v) is 8.05. The van der Waals surface area contributed by atoms with Crippen molar-refractivity contribution < 1.29 is 0 Å². The lowest BCUT2D eigenvalue weighted by Crippen LogP contribution is -2.13. The lowest BCUT2D eigenvalue weighted by molar-refractivity contribution is 0.433. The van der Waals surface area contributed by atoms with Gasteiger partial charge < -0.3 is 10.4 Å². The number of hydrogen-bond donors (Lipinski definition) is 2. The molecule has 0 bridgehead atoms. The summed E-state index contributed by atoms with van der Waals surface area (Å²) in [4.78, 5) is 12.3. The van der Waals surface area contributed by atoms with E-state index < -0.39 is 0 Å². The number of aromatic amines is 1. The summed E-state index contributed by atoms with van der Waals surface area (Å²) in [7, 11) is 0. The highest BCUT2D eigenvalue weighted by molar-refractivity contribution is 14.1. The van der Waals surface area contributed by atoms with Gasteiger partial charge in [-0.25, -0.2) is 9.97 Å². The summed E-state index contributed by atoms with van der Waals surface area (Å²) in [6.45, 7) is 6.45. The number of rotatable bonds is 3. The number of halogens is 1. The smallest absolute Gasteiger partial charge is 0.157 e. The van der Waals surface area contributed by atoms with Gasteiger partial charge in [-0.05, 0) is 46.1 Å². The van der Waals surface area contributed by atoms with Crippen LogP contribution in [0, 0.1) is 14.4 Å². The van der Waals surface area contributed by atoms with Crippen molar-refractivity contribution in [3.05, 3.63) is 45.8 Å². The van der Waals surface area contributed by atoms with Gasteiger partial charge >= 0.3 is 0 Å². The molecule has 5 heteroatoms. The minimum Gasteiger partial charge on any atom is -0.344 e. The Morgan fingerprint density at radius 3 is 2.83 bits per heavy atom. The van der Waals surface area contributed by atoms with Gasteiger partial charge in [0.1, 0.15) is 5.52 Å². The zero-order valence-electron chi connectivity index (χ0n) is 13.4. The van der Waals surface area contributed by atoms with Crippen molar-refractivity contribution in [3.63, 3.8) is 0 Å². The third-order valence-corrected chi connectivity index (χ3v) is 4.37. The SMILES string of the molecule is CC(C)(C)CC(=N)c1cccc(-c2cnc3[nH]cc(I)c3n2)c1. The number of nitrogens with zero attached hydrogens (tertiary/aromatic N) is 2. The van der Waals surface area contributed by atoms with Crippen molar-refractivity contribution >= 4 is 39.5 Å². The fraction of sp³-hybridized carbons (Fsp3) is 0.278. The molecular weight excluding hydrogens is 399 g/mol. The second-order valence-electron chi connectivity index (χ2n) is 6.89. The normalized spacial score (nSPS) is 11.8. The van der Waals surface area contributed by atoms with E-state index in [2.05, 4.69) is 53.3 Å². The van der Waals surface area contributed by atoms with Crippen molar-refractivity contribution in [1.29, 1.82) is 5.41 Å². The Labute approximate surface area is 149 Å². The number of fused-ring (bicyclic) bond motifs is 1. The van der Waals surface area contributed by atoms with Crippen LogP contribution < -0.4 is 0 Å². The Kier molecular flexibility index (Phi) is 4.23. The first-order valence-corrected chi connectivity index (χ1v) is 8.59. The van der Waals surface area contributed by atoms with Gasteiger partial charge in [0.15, 0.2) is 5.65 Å². The molecule has 0 aliphatic heterocycles. The van der Waals surface area contributed by atoms with Crippen molar-refractivity contribution in [2.75, 3.05) is 0 Å². The van der Waals surface area contributed by atoms with Crippen LogP contribution in [0.15, 0.2) is 36.7 Å². The lowest BCUT2D eigenvalue weighted by Gasteiger charge is -2.18. The van der Waals surface area contributed by atoms with Crippen LogP contribution in [0.2, 0.25) is 0 Å².